The molecule has 0 bridgehead atoms. The standard InChI is InChI=1S/C15H10Br2N2O3/c1-22-10-6-8(16)12(17)11(13(10)20)14-18-9-5-3-2-4-7(9)15(21)19-14/h2-6,20H,1H3,(H,18,19,21). The van der Waals surface area contributed by atoms with Gasteiger partial charge in [-0.25, -0.2) is 4.98 Å². The number of aromatic hydroxyl groups is 1. The summed E-state index contributed by atoms with van der Waals surface area (Å²) in [7, 11) is 1.45. The minimum absolute atomic E-state index is 0.101. The summed E-state index contributed by atoms with van der Waals surface area (Å²) < 4.78 is 6.39. The predicted octanol–water partition coefficient (Wildman–Crippen LogP) is 3.83. The molecule has 0 atom stereocenters. The van der Waals surface area contributed by atoms with Gasteiger partial charge in [0.1, 0.15) is 5.82 Å². The van der Waals surface area contributed by atoms with Gasteiger partial charge in [-0.1, -0.05) is 12.1 Å². The molecule has 0 fully saturated rings. The fourth-order valence-corrected chi connectivity index (χ4v) is 3.07. The average molecular weight is 426 g/mol. The fourth-order valence-electron chi connectivity index (χ4n) is 2.17. The minimum atomic E-state index is -0.272. The Morgan fingerprint density at radius 1 is 1.27 bits per heavy atom. The molecule has 0 unspecified atom stereocenters. The number of hydrogen-bond acceptors (Lipinski definition) is 4. The van der Waals surface area contributed by atoms with Crippen LogP contribution >= 0.6 is 31.9 Å². The lowest BCUT2D eigenvalue weighted by atomic mass is 10.1. The third-order valence-corrected chi connectivity index (χ3v) is 5.21. The third-order valence-electron chi connectivity index (χ3n) is 3.23. The van der Waals surface area contributed by atoms with E-state index in [2.05, 4.69) is 41.8 Å². The van der Waals surface area contributed by atoms with E-state index in [1.54, 1.807) is 30.3 Å². The van der Waals surface area contributed by atoms with E-state index in [1.807, 2.05) is 0 Å². The van der Waals surface area contributed by atoms with Gasteiger partial charge in [-0.3, -0.25) is 4.79 Å². The highest BCUT2D eigenvalue weighted by Crippen LogP contribution is 2.45. The van der Waals surface area contributed by atoms with Crippen molar-refractivity contribution >= 4 is 42.8 Å². The molecule has 1 aromatic heterocycles. The lowest BCUT2D eigenvalue weighted by Gasteiger charge is -2.12. The quantitative estimate of drug-likeness (QED) is 0.654. The Morgan fingerprint density at radius 3 is 2.73 bits per heavy atom. The van der Waals surface area contributed by atoms with Gasteiger partial charge in [0.05, 0.1) is 23.6 Å². The molecule has 0 saturated carbocycles. The van der Waals surface area contributed by atoms with Gasteiger partial charge in [-0.05, 0) is 50.1 Å². The zero-order valence-electron chi connectivity index (χ0n) is 11.4. The van der Waals surface area contributed by atoms with Crippen molar-refractivity contribution in [1.29, 1.82) is 0 Å². The van der Waals surface area contributed by atoms with Crippen molar-refractivity contribution in [3.8, 4) is 22.9 Å². The van der Waals surface area contributed by atoms with E-state index >= 15 is 0 Å². The molecule has 2 aromatic carbocycles. The molecule has 1 heterocycles. The van der Waals surface area contributed by atoms with Gasteiger partial charge in [0, 0.05) is 8.95 Å². The molecular formula is C15H10Br2N2O3. The van der Waals surface area contributed by atoms with E-state index in [9.17, 15) is 9.90 Å². The summed E-state index contributed by atoms with van der Waals surface area (Å²) in [6.45, 7) is 0. The molecule has 22 heavy (non-hydrogen) atoms. The molecule has 0 aliphatic rings. The Labute approximate surface area is 142 Å². The number of aromatic amines is 1. The second-order valence-electron chi connectivity index (χ2n) is 4.53. The molecular weight excluding hydrogens is 416 g/mol. The molecule has 112 valence electrons. The van der Waals surface area contributed by atoms with Gasteiger partial charge in [-0.15, -0.1) is 0 Å². The number of H-pyrrole nitrogens is 1. The van der Waals surface area contributed by atoms with Crippen LogP contribution in [0.4, 0.5) is 0 Å². The zero-order chi connectivity index (χ0) is 15.9. The second kappa shape index (κ2) is 5.73. The van der Waals surface area contributed by atoms with E-state index < -0.39 is 0 Å². The predicted molar refractivity (Wildman–Crippen MR) is 91.4 cm³/mol. The van der Waals surface area contributed by atoms with Crippen LogP contribution in [0.3, 0.4) is 0 Å². The topological polar surface area (TPSA) is 75.2 Å². The van der Waals surface area contributed by atoms with Gasteiger partial charge in [0.25, 0.3) is 5.56 Å². The Hall–Kier alpha value is -1.86. The summed E-state index contributed by atoms with van der Waals surface area (Å²) in [6.07, 6.45) is 0. The van der Waals surface area contributed by atoms with Crippen LogP contribution in [-0.4, -0.2) is 22.2 Å². The maximum absolute atomic E-state index is 12.2. The number of methoxy groups -OCH3 is 1. The number of rotatable bonds is 2. The van der Waals surface area contributed by atoms with E-state index in [4.69, 9.17) is 4.74 Å². The lowest BCUT2D eigenvalue weighted by Crippen LogP contribution is -2.09. The van der Waals surface area contributed by atoms with Crippen molar-refractivity contribution in [2.24, 2.45) is 0 Å². The molecule has 0 aliphatic heterocycles. The van der Waals surface area contributed by atoms with Crippen LogP contribution < -0.4 is 10.3 Å². The first-order chi connectivity index (χ1) is 10.5. The maximum atomic E-state index is 12.2. The van der Waals surface area contributed by atoms with Crippen molar-refractivity contribution in [1.82, 2.24) is 9.97 Å². The number of aromatic nitrogens is 2. The van der Waals surface area contributed by atoms with Crippen molar-refractivity contribution < 1.29 is 9.84 Å². The number of phenols is 1. The first kappa shape index (κ1) is 15.1. The number of fused-ring (bicyclic) bond motifs is 1. The van der Waals surface area contributed by atoms with Crippen LogP contribution in [0.15, 0.2) is 44.1 Å². The Balaban J connectivity index is 2.37. The first-order valence-electron chi connectivity index (χ1n) is 6.27. The lowest BCUT2D eigenvalue weighted by molar-refractivity contribution is 0.374. The van der Waals surface area contributed by atoms with E-state index in [1.165, 1.54) is 7.11 Å². The smallest absolute Gasteiger partial charge is 0.259 e. The number of halogens is 2. The van der Waals surface area contributed by atoms with Crippen LogP contribution in [-0.2, 0) is 0 Å². The molecule has 0 radical (unpaired) electrons. The number of phenolic OH excluding ortho intramolecular Hbond substituents is 1. The molecule has 0 saturated heterocycles. The molecule has 0 amide bonds. The highest BCUT2D eigenvalue weighted by atomic mass is 79.9. The monoisotopic (exact) mass is 424 g/mol. The molecule has 3 aromatic rings. The summed E-state index contributed by atoms with van der Waals surface area (Å²) in [5.41, 5.74) is 0.631. The third kappa shape index (κ3) is 2.40. The van der Waals surface area contributed by atoms with E-state index in [0.29, 0.717) is 25.4 Å². The Kier molecular flexibility index (Phi) is 3.92. The number of benzene rings is 2. The minimum Gasteiger partial charge on any atom is -0.504 e. The highest BCUT2D eigenvalue weighted by molar-refractivity contribution is 9.13. The van der Waals surface area contributed by atoms with Gasteiger partial charge in [-0.2, -0.15) is 0 Å². The second-order valence-corrected chi connectivity index (χ2v) is 6.18. The summed E-state index contributed by atoms with van der Waals surface area (Å²) in [6, 6.07) is 8.64. The normalized spacial score (nSPS) is 10.9. The van der Waals surface area contributed by atoms with Gasteiger partial charge >= 0.3 is 0 Å². The first-order valence-corrected chi connectivity index (χ1v) is 7.86. The van der Waals surface area contributed by atoms with Crippen LogP contribution in [0, 0.1) is 0 Å². The van der Waals surface area contributed by atoms with Crippen molar-refractivity contribution in [2.45, 2.75) is 0 Å². The number of nitrogens with zero attached hydrogens (tertiary/aromatic N) is 1. The average Bonchev–Trinajstić information content (AvgIpc) is 2.51. The Morgan fingerprint density at radius 2 is 2.00 bits per heavy atom. The number of ether oxygens (including phenoxy) is 1. The summed E-state index contributed by atoms with van der Waals surface area (Å²) in [4.78, 5) is 19.3. The molecule has 7 heteroatoms. The summed E-state index contributed by atoms with van der Waals surface area (Å²) >= 11 is 6.77. The summed E-state index contributed by atoms with van der Waals surface area (Å²) in [5, 5.41) is 10.9. The Bertz CT molecular complexity index is 938. The zero-order valence-corrected chi connectivity index (χ0v) is 14.5. The molecule has 2 N–H and O–H groups in total. The molecule has 3 rings (SSSR count). The van der Waals surface area contributed by atoms with Gasteiger partial charge in [0.2, 0.25) is 0 Å². The van der Waals surface area contributed by atoms with E-state index in [-0.39, 0.29) is 22.9 Å². The van der Waals surface area contributed by atoms with Crippen LogP contribution in [0.5, 0.6) is 11.5 Å². The van der Waals surface area contributed by atoms with Crippen LogP contribution in [0.25, 0.3) is 22.3 Å². The number of nitrogens with one attached hydrogen (secondary N) is 1. The molecule has 0 aliphatic carbocycles. The number of para-hydroxylation sites is 1. The van der Waals surface area contributed by atoms with Crippen LogP contribution in [0.2, 0.25) is 0 Å². The summed E-state index contributed by atoms with van der Waals surface area (Å²) in [5.74, 6) is 0.435. The SMILES string of the molecule is COc1cc(Br)c(Br)c(-c2nc3ccccc3c(=O)[nH]2)c1O. The molecule has 0 spiro atoms. The van der Waals surface area contributed by atoms with E-state index in [0.717, 1.165) is 0 Å². The maximum Gasteiger partial charge on any atom is 0.259 e. The molecule has 5 nitrogen and oxygen atoms in total. The van der Waals surface area contributed by atoms with Crippen LogP contribution in [0.1, 0.15) is 0 Å². The van der Waals surface area contributed by atoms with Crippen molar-refractivity contribution in [3.05, 3.63) is 49.6 Å². The largest absolute Gasteiger partial charge is 0.504 e. The number of hydrogen-bond donors (Lipinski definition) is 2. The highest BCUT2D eigenvalue weighted by Gasteiger charge is 2.20. The van der Waals surface area contributed by atoms with Crippen molar-refractivity contribution in [2.75, 3.05) is 7.11 Å². The van der Waals surface area contributed by atoms with Crippen molar-refractivity contribution in [3.63, 3.8) is 0 Å². The van der Waals surface area contributed by atoms with Gasteiger partial charge < -0.3 is 14.8 Å². The van der Waals surface area contributed by atoms with Gasteiger partial charge in [0.15, 0.2) is 11.5 Å². The fraction of sp³-hybridized carbons (Fsp3) is 0.0667.